The van der Waals surface area contributed by atoms with E-state index in [4.69, 9.17) is 18.9 Å². The summed E-state index contributed by atoms with van der Waals surface area (Å²) in [5, 5.41) is 0. The number of likely N-dealkylation sites (N-methyl/N-ethyl adjacent to an activating group) is 4. The molecule has 518 valence electrons. The van der Waals surface area contributed by atoms with Crippen molar-refractivity contribution in [1.82, 2.24) is 29.4 Å². The van der Waals surface area contributed by atoms with Crippen molar-refractivity contribution in [2.75, 3.05) is 133 Å². The first-order chi connectivity index (χ1) is 42.8. The average Bonchev–Trinajstić information content (AvgIpc) is 3.54. The summed E-state index contributed by atoms with van der Waals surface area (Å²) in [6.07, 6.45) is 48.7. The van der Waals surface area contributed by atoms with Crippen LogP contribution in [-0.4, -0.2) is 198 Å². The highest BCUT2D eigenvalue weighted by Gasteiger charge is 2.21. The van der Waals surface area contributed by atoms with Gasteiger partial charge in [-0.1, -0.05) is 259 Å². The summed E-state index contributed by atoms with van der Waals surface area (Å²) in [5.74, 6) is -1.44. The number of unbranched alkanes of at least 4 members (excludes halogenated alkanes) is 36. The van der Waals surface area contributed by atoms with Crippen LogP contribution in [0.3, 0.4) is 0 Å². The Kier molecular flexibility index (Phi) is 61.4. The number of carbonyl (C=O) groups excluding carboxylic acids is 6. The lowest BCUT2D eigenvalue weighted by atomic mass is 10.1. The first kappa shape index (κ1) is 84.7. The van der Waals surface area contributed by atoms with Crippen LogP contribution in [0.2, 0.25) is 0 Å². The van der Waals surface area contributed by atoms with Gasteiger partial charge in [-0.15, -0.1) is 0 Å². The van der Waals surface area contributed by atoms with Gasteiger partial charge in [0.05, 0.1) is 52.6 Å². The molecule has 0 aliphatic carbocycles. The van der Waals surface area contributed by atoms with Crippen molar-refractivity contribution >= 4 is 35.7 Å². The van der Waals surface area contributed by atoms with E-state index in [2.05, 4.69) is 27.7 Å². The number of hydrogen-bond donors (Lipinski definition) is 0. The van der Waals surface area contributed by atoms with E-state index in [0.29, 0.717) is 78.8 Å². The van der Waals surface area contributed by atoms with Gasteiger partial charge in [0.25, 0.3) is 0 Å². The van der Waals surface area contributed by atoms with Gasteiger partial charge in [0.1, 0.15) is 0 Å². The molecule has 0 N–H and O–H groups in total. The third kappa shape index (κ3) is 57.8. The van der Waals surface area contributed by atoms with E-state index in [9.17, 15) is 28.8 Å². The summed E-state index contributed by atoms with van der Waals surface area (Å²) >= 11 is 0. The third-order valence-corrected chi connectivity index (χ3v) is 17.1. The Hall–Kier alpha value is -3.34. The molecule has 0 fully saturated rings. The summed E-state index contributed by atoms with van der Waals surface area (Å²) in [5.41, 5.74) is 0. The fourth-order valence-corrected chi connectivity index (χ4v) is 10.8. The monoisotopic (exact) mass is 1250 g/mol. The van der Waals surface area contributed by atoms with E-state index in [0.717, 1.165) is 77.0 Å². The molecule has 0 unspecified atom stereocenters. The maximum Gasteiger partial charge on any atom is 0.320 e. The molecule has 0 aliphatic rings. The molecule has 16 heteroatoms. The Morgan fingerprint density at radius 2 is 0.432 bits per heavy atom. The maximum atomic E-state index is 13.3. The normalized spacial score (nSPS) is 11.5. The van der Waals surface area contributed by atoms with Crippen molar-refractivity contribution in [3.8, 4) is 0 Å². The quantitative estimate of drug-likeness (QED) is 0.0322. The molecule has 0 saturated carbocycles. The van der Waals surface area contributed by atoms with Gasteiger partial charge in [-0.3, -0.25) is 38.6 Å². The highest BCUT2D eigenvalue weighted by atomic mass is 16.5. The number of nitrogens with zero attached hydrogens (tertiary/aromatic N) is 6. The van der Waals surface area contributed by atoms with Crippen molar-refractivity contribution in [1.29, 1.82) is 0 Å². The fourth-order valence-electron chi connectivity index (χ4n) is 10.8. The minimum Gasteiger partial charge on any atom is -0.465 e. The Balaban J connectivity index is 5.05. The molecule has 0 saturated heterocycles. The van der Waals surface area contributed by atoms with Gasteiger partial charge in [-0.2, -0.15) is 0 Å². The second-order valence-electron chi connectivity index (χ2n) is 25.8. The second-order valence-corrected chi connectivity index (χ2v) is 25.8. The van der Waals surface area contributed by atoms with Crippen LogP contribution in [0.1, 0.15) is 297 Å². The molecule has 16 nitrogen and oxygen atoms in total. The second kappa shape index (κ2) is 63.8. The predicted octanol–water partition coefficient (Wildman–Crippen LogP) is 15.0. The lowest BCUT2D eigenvalue weighted by Gasteiger charge is -2.26. The number of hydrogen-bond acceptors (Lipinski definition) is 14. The van der Waals surface area contributed by atoms with E-state index < -0.39 is 0 Å². The number of rotatable bonds is 67. The molecule has 0 aliphatic heterocycles. The van der Waals surface area contributed by atoms with E-state index in [-0.39, 0.29) is 74.7 Å². The van der Waals surface area contributed by atoms with Crippen molar-refractivity contribution in [3.05, 3.63) is 0 Å². The highest BCUT2D eigenvalue weighted by Crippen LogP contribution is 2.15. The molecular formula is C72H140N6O10. The molecular weight excluding hydrogens is 1110 g/mol. The van der Waals surface area contributed by atoms with Crippen LogP contribution in [0, 0.1) is 0 Å². The van der Waals surface area contributed by atoms with Crippen LogP contribution in [0.15, 0.2) is 0 Å². The van der Waals surface area contributed by atoms with E-state index in [1.54, 1.807) is 33.7 Å². The fraction of sp³-hybridized carbons (Fsp3) is 0.917. The Bertz CT molecular complexity index is 1450. The molecule has 0 aromatic heterocycles. The summed E-state index contributed by atoms with van der Waals surface area (Å²) in [6.45, 7) is 14.2. The van der Waals surface area contributed by atoms with Gasteiger partial charge in [-0.25, -0.2) is 0 Å². The third-order valence-electron chi connectivity index (χ3n) is 17.1. The molecule has 0 aromatic rings. The first-order valence-electron chi connectivity index (χ1n) is 36.7. The zero-order valence-corrected chi connectivity index (χ0v) is 58.8. The minimum atomic E-state index is -0.342. The van der Waals surface area contributed by atoms with Crippen molar-refractivity contribution in [3.63, 3.8) is 0 Å². The summed E-state index contributed by atoms with van der Waals surface area (Å²) in [4.78, 5) is 89.7. The smallest absolute Gasteiger partial charge is 0.320 e. The van der Waals surface area contributed by atoms with Crippen LogP contribution >= 0.6 is 0 Å². The molecule has 88 heavy (non-hydrogen) atoms. The van der Waals surface area contributed by atoms with Gasteiger partial charge >= 0.3 is 23.9 Å². The highest BCUT2D eigenvalue weighted by molar-refractivity contribution is 5.77. The lowest BCUT2D eigenvalue weighted by molar-refractivity contribution is -0.150. The summed E-state index contributed by atoms with van der Waals surface area (Å²) < 4.78 is 22.5. The lowest BCUT2D eigenvalue weighted by Crippen LogP contribution is -2.42. The zero-order chi connectivity index (χ0) is 64.8. The Morgan fingerprint density at radius 1 is 0.239 bits per heavy atom. The van der Waals surface area contributed by atoms with E-state index in [1.165, 1.54) is 180 Å². The maximum absolute atomic E-state index is 13.3. The van der Waals surface area contributed by atoms with Gasteiger partial charge in [0.2, 0.25) is 11.8 Å². The molecule has 0 rings (SSSR count). The first-order valence-corrected chi connectivity index (χ1v) is 36.7. The number of amides is 2. The Morgan fingerprint density at radius 3 is 0.636 bits per heavy atom. The van der Waals surface area contributed by atoms with E-state index >= 15 is 0 Å². The topological polar surface area (TPSA) is 159 Å². The minimum absolute atomic E-state index is 0.00310. The van der Waals surface area contributed by atoms with E-state index in [1.807, 2.05) is 23.9 Å². The van der Waals surface area contributed by atoms with Crippen molar-refractivity contribution < 1.29 is 47.7 Å². The van der Waals surface area contributed by atoms with Crippen LogP contribution in [-0.2, 0) is 47.7 Å². The average molecular weight is 1250 g/mol. The van der Waals surface area contributed by atoms with Crippen LogP contribution in [0.25, 0.3) is 0 Å². The number of carbonyl (C=O) groups is 6. The molecule has 2 amide bonds. The molecule has 0 radical (unpaired) electrons. The number of esters is 4. The molecule has 0 heterocycles. The number of ether oxygens (including phenoxy) is 4. The van der Waals surface area contributed by atoms with Gasteiger partial charge in [0, 0.05) is 79.3 Å². The van der Waals surface area contributed by atoms with Crippen molar-refractivity contribution in [2.24, 2.45) is 0 Å². The van der Waals surface area contributed by atoms with Gasteiger partial charge in [0.15, 0.2) is 0 Å². The largest absolute Gasteiger partial charge is 0.465 e. The molecule has 0 spiro atoms. The standard InChI is InChI=1S/C72H140N6O10/c1-9-13-17-21-25-29-33-37-41-45-59-85-69(81)63-77(64-70(82)86-60-46-42-38-34-30-26-22-18-14-10-2)57-53-73(5)51-49-67(79)75(7)55-56-76(8)68(80)50-52-74(6)54-58-78(65-71(83)87-61-47-43-39-35-31-27-23-19-15-11-3)66-72(84)88-62-48-44-40-36-32-28-24-20-16-12-4/h9-66H2,1-8H3. The summed E-state index contributed by atoms with van der Waals surface area (Å²) in [7, 11) is 7.38. The Labute approximate surface area is 541 Å². The van der Waals surface area contributed by atoms with Crippen LogP contribution in [0.4, 0.5) is 0 Å². The molecule has 0 bridgehead atoms. The molecule has 0 aromatic carbocycles. The molecule has 0 atom stereocenters. The van der Waals surface area contributed by atoms with Crippen LogP contribution < -0.4 is 0 Å². The van der Waals surface area contributed by atoms with Crippen molar-refractivity contribution in [2.45, 2.75) is 297 Å². The van der Waals surface area contributed by atoms with Gasteiger partial charge in [-0.05, 0) is 39.8 Å². The SMILES string of the molecule is CCCCCCCCCCCCOC(=O)CN(CCN(C)CCC(=O)N(C)CCN(C)C(=O)CCN(C)CCN(CC(=O)OCCCCCCCCCCCC)CC(=O)OCCCCCCCCCCCC)CC(=O)OCCCCCCCCCCCC. The zero-order valence-electron chi connectivity index (χ0n) is 58.8. The predicted molar refractivity (Wildman–Crippen MR) is 364 cm³/mol. The summed E-state index contributed by atoms with van der Waals surface area (Å²) in [6, 6.07) is 0. The van der Waals surface area contributed by atoms with Gasteiger partial charge < -0.3 is 38.5 Å². The van der Waals surface area contributed by atoms with Crippen LogP contribution in [0.5, 0.6) is 0 Å².